The van der Waals surface area contributed by atoms with Crippen LogP contribution in [-0.4, -0.2) is 67.6 Å². The molecule has 1 rings (SSSR count). The second kappa shape index (κ2) is 13.9. The third kappa shape index (κ3) is 9.31. The van der Waals surface area contributed by atoms with Gasteiger partial charge in [-0.05, 0) is 25.7 Å². The number of Topliss-reactive ketones (excluding diaryl/α,β-unsaturated/α-hetero) is 1. The minimum absolute atomic E-state index is 0.106. The molecule has 5 nitrogen and oxygen atoms in total. The van der Waals surface area contributed by atoms with E-state index in [1.165, 1.54) is 0 Å². The van der Waals surface area contributed by atoms with Crippen LogP contribution in [0.15, 0.2) is 0 Å². The zero-order valence-corrected chi connectivity index (χ0v) is 17.5. The van der Waals surface area contributed by atoms with E-state index in [4.69, 9.17) is 9.47 Å². The van der Waals surface area contributed by atoms with Crippen LogP contribution in [0.1, 0.15) is 51.9 Å². The molecule has 7 heteroatoms. The Bertz CT molecular complexity index is 395. The lowest BCUT2D eigenvalue weighted by Crippen LogP contribution is -2.38. The predicted molar refractivity (Wildman–Crippen MR) is 106 cm³/mol. The summed E-state index contributed by atoms with van der Waals surface area (Å²) < 4.78 is 10.6. The Morgan fingerprint density at radius 2 is 1.80 bits per heavy atom. The summed E-state index contributed by atoms with van der Waals surface area (Å²) in [5.74, 6) is 2.63. The van der Waals surface area contributed by atoms with Crippen LogP contribution < -0.4 is 0 Å². The number of ether oxygens (including phenoxy) is 2. The van der Waals surface area contributed by atoms with Gasteiger partial charge in [0.25, 0.3) is 0 Å². The summed E-state index contributed by atoms with van der Waals surface area (Å²) in [5, 5.41) is 0. The topological polar surface area (TPSA) is 55.8 Å². The molecule has 0 spiro atoms. The van der Waals surface area contributed by atoms with E-state index in [-0.39, 0.29) is 18.1 Å². The molecule has 0 unspecified atom stereocenters. The van der Waals surface area contributed by atoms with Crippen LogP contribution >= 0.6 is 21.6 Å². The van der Waals surface area contributed by atoms with Crippen LogP contribution in [0.2, 0.25) is 0 Å². The zero-order chi connectivity index (χ0) is 18.5. The lowest BCUT2D eigenvalue weighted by Gasteiger charge is -2.23. The number of ketones is 1. The molecule has 0 aliphatic carbocycles. The number of likely N-dealkylation sites (tertiary alicyclic amines) is 1. The summed E-state index contributed by atoms with van der Waals surface area (Å²) in [6, 6.07) is 0.113. The summed E-state index contributed by atoms with van der Waals surface area (Å²) in [5.41, 5.74) is 0. The number of hydrogen-bond donors (Lipinski definition) is 0. The molecule has 1 heterocycles. The molecule has 2 atom stereocenters. The fourth-order valence-electron chi connectivity index (χ4n) is 3.04. The van der Waals surface area contributed by atoms with Crippen LogP contribution in [0, 0.1) is 0 Å². The van der Waals surface area contributed by atoms with E-state index in [0.717, 1.165) is 37.2 Å². The van der Waals surface area contributed by atoms with Crippen LogP contribution in [0.25, 0.3) is 0 Å². The highest BCUT2D eigenvalue weighted by Crippen LogP contribution is 2.23. The van der Waals surface area contributed by atoms with Gasteiger partial charge in [-0.15, -0.1) is 0 Å². The van der Waals surface area contributed by atoms with Crippen molar-refractivity contribution >= 4 is 33.3 Å². The molecule has 146 valence electrons. The largest absolute Gasteiger partial charge is 0.383 e. The molecule has 0 saturated carbocycles. The normalized spacial score (nSPS) is 20.2. The van der Waals surface area contributed by atoms with Crippen molar-refractivity contribution in [3.8, 4) is 0 Å². The molecule has 0 aromatic rings. The van der Waals surface area contributed by atoms with Gasteiger partial charge in [0.05, 0.1) is 18.8 Å². The van der Waals surface area contributed by atoms with Crippen molar-refractivity contribution in [3.63, 3.8) is 0 Å². The van der Waals surface area contributed by atoms with Gasteiger partial charge in [0.2, 0.25) is 5.91 Å². The van der Waals surface area contributed by atoms with Gasteiger partial charge in [0, 0.05) is 51.5 Å². The van der Waals surface area contributed by atoms with Crippen molar-refractivity contribution in [1.82, 2.24) is 4.90 Å². The Hall–Kier alpha value is -0.240. The Morgan fingerprint density at radius 3 is 2.48 bits per heavy atom. The molecule has 1 aliphatic heterocycles. The summed E-state index contributed by atoms with van der Waals surface area (Å²) in [4.78, 5) is 26.2. The van der Waals surface area contributed by atoms with Crippen molar-refractivity contribution < 1.29 is 19.1 Å². The van der Waals surface area contributed by atoms with Gasteiger partial charge < -0.3 is 14.4 Å². The highest BCUT2D eigenvalue weighted by atomic mass is 33.1. The van der Waals surface area contributed by atoms with E-state index >= 15 is 0 Å². The molecule has 0 radical (unpaired) electrons. The van der Waals surface area contributed by atoms with E-state index in [1.807, 2.05) is 26.5 Å². The van der Waals surface area contributed by atoms with Gasteiger partial charge >= 0.3 is 0 Å². The fraction of sp³-hybridized carbons (Fsp3) is 0.889. The third-order valence-corrected chi connectivity index (χ3v) is 6.93. The lowest BCUT2D eigenvalue weighted by atomic mass is 10.1. The van der Waals surface area contributed by atoms with Gasteiger partial charge in [-0.1, -0.05) is 28.5 Å². The SMILES string of the molecule is CCSSCCCC(=O)CCCCC(=O)N1C[C@@H](OC)C[C@@H]1COC. The van der Waals surface area contributed by atoms with Gasteiger partial charge in [-0.25, -0.2) is 0 Å². The van der Waals surface area contributed by atoms with Crippen molar-refractivity contribution in [2.45, 2.75) is 64.0 Å². The molecular weight excluding hydrogens is 358 g/mol. The average molecular weight is 392 g/mol. The second-order valence-corrected chi connectivity index (χ2v) is 9.20. The first-order chi connectivity index (χ1) is 12.1. The van der Waals surface area contributed by atoms with E-state index in [2.05, 4.69) is 6.92 Å². The predicted octanol–water partition coefficient (Wildman–Crippen LogP) is 3.56. The van der Waals surface area contributed by atoms with E-state index in [1.54, 1.807) is 14.2 Å². The standard InChI is InChI=1S/C18H33NO4S2/c1-4-24-25-11-7-9-16(20)8-5-6-10-18(21)19-13-17(23-3)12-15(19)14-22-2/h15,17H,4-14H2,1-3H3/t15-,17+/m1/s1. The highest BCUT2D eigenvalue weighted by molar-refractivity contribution is 8.76. The monoisotopic (exact) mass is 391 g/mol. The van der Waals surface area contributed by atoms with Crippen molar-refractivity contribution in [2.24, 2.45) is 0 Å². The number of methoxy groups -OCH3 is 2. The van der Waals surface area contributed by atoms with Crippen LogP contribution in [-0.2, 0) is 19.1 Å². The maximum atomic E-state index is 12.4. The zero-order valence-electron chi connectivity index (χ0n) is 15.8. The minimum Gasteiger partial charge on any atom is -0.383 e. The Labute approximate surface area is 160 Å². The van der Waals surface area contributed by atoms with Crippen LogP contribution in [0.3, 0.4) is 0 Å². The third-order valence-electron chi connectivity index (χ3n) is 4.37. The molecule has 1 amide bonds. The minimum atomic E-state index is 0.106. The molecule has 1 fully saturated rings. The summed E-state index contributed by atoms with van der Waals surface area (Å²) in [6.07, 6.45) is 5.26. The van der Waals surface area contributed by atoms with Gasteiger partial charge in [0.1, 0.15) is 5.78 Å². The molecule has 0 aromatic heterocycles. The van der Waals surface area contributed by atoms with Crippen molar-refractivity contribution in [1.29, 1.82) is 0 Å². The van der Waals surface area contributed by atoms with E-state index < -0.39 is 0 Å². The summed E-state index contributed by atoms with van der Waals surface area (Å²) in [7, 11) is 7.04. The molecule has 25 heavy (non-hydrogen) atoms. The quantitative estimate of drug-likeness (QED) is 0.333. The second-order valence-electron chi connectivity index (χ2n) is 6.33. The number of hydrogen-bond acceptors (Lipinski definition) is 6. The smallest absolute Gasteiger partial charge is 0.222 e. The Balaban J connectivity index is 2.16. The number of rotatable bonds is 14. The average Bonchev–Trinajstić information content (AvgIpc) is 3.02. The van der Waals surface area contributed by atoms with Crippen molar-refractivity contribution in [3.05, 3.63) is 0 Å². The maximum absolute atomic E-state index is 12.4. The number of carbonyl (C=O) groups is 2. The first-order valence-electron chi connectivity index (χ1n) is 9.19. The van der Waals surface area contributed by atoms with Crippen molar-refractivity contribution in [2.75, 3.05) is 38.9 Å². The van der Waals surface area contributed by atoms with E-state index in [0.29, 0.717) is 38.2 Å². The Kier molecular flexibility index (Phi) is 12.7. The molecule has 1 aliphatic rings. The lowest BCUT2D eigenvalue weighted by molar-refractivity contribution is -0.133. The molecule has 0 N–H and O–H groups in total. The molecule has 0 aromatic carbocycles. The van der Waals surface area contributed by atoms with Gasteiger partial charge in [-0.2, -0.15) is 0 Å². The Morgan fingerprint density at radius 1 is 1.08 bits per heavy atom. The number of unbranched alkanes of at least 4 members (excludes halogenated alkanes) is 1. The number of carbonyl (C=O) groups excluding carboxylic acids is 2. The molecule has 0 bridgehead atoms. The first kappa shape index (κ1) is 22.8. The summed E-state index contributed by atoms with van der Waals surface area (Å²) in [6.45, 7) is 3.34. The van der Waals surface area contributed by atoms with Gasteiger partial charge in [-0.3, -0.25) is 9.59 Å². The van der Waals surface area contributed by atoms with E-state index in [9.17, 15) is 9.59 Å². The number of nitrogens with zero attached hydrogens (tertiary/aromatic N) is 1. The molecular formula is C18H33NO4S2. The molecule has 1 saturated heterocycles. The first-order valence-corrected chi connectivity index (χ1v) is 11.7. The highest BCUT2D eigenvalue weighted by Gasteiger charge is 2.34. The fourth-order valence-corrected chi connectivity index (χ4v) is 4.79. The summed E-state index contributed by atoms with van der Waals surface area (Å²) >= 11 is 0. The van der Waals surface area contributed by atoms with Crippen LogP contribution in [0.4, 0.5) is 0 Å². The van der Waals surface area contributed by atoms with Crippen LogP contribution in [0.5, 0.6) is 0 Å². The maximum Gasteiger partial charge on any atom is 0.222 e. The number of amides is 1. The van der Waals surface area contributed by atoms with Gasteiger partial charge in [0.15, 0.2) is 0 Å².